The van der Waals surface area contributed by atoms with Crippen LogP contribution in [0.3, 0.4) is 0 Å². The molecule has 1 rings (SSSR count). The molecule has 0 saturated carbocycles. The number of amides is 1. The summed E-state index contributed by atoms with van der Waals surface area (Å²) in [5, 5.41) is 13.8. The number of nitrogens with one attached hydrogen (secondary N) is 1. The van der Waals surface area contributed by atoms with Gasteiger partial charge in [-0.05, 0) is 32.9 Å². The Hall–Kier alpha value is -1.66. The van der Waals surface area contributed by atoms with Gasteiger partial charge >= 0.3 is 0 Å². The van der Waals surface area contributed by atoms with E-state index in [1.165, 1.54) is 18.2 Å². The van der Waals surface area contributed by atoms with Crippen LogP contribution in [0.25, 0.3) is 0 Å². The molecular weight excluding hydrogens is 284 g/mol. The van der Waals surface area contributed by atoms with E-state index in [2.05, 4.69) is 5.32 Å². The smallest absolute Gasteiger partial charge is 0.282 e. The fourth-order valence-electron chi connectivity index (χ4n) is 1.68. The highest BCUT2D eigenvalue weighted by molar-refractivity contribution is 6.31. The molecule has 0 aliphatic heterocycles. The number of rotatable bonds is 6. The predicted molar refractivity (Wildman–Crippen MR) is 76.1 cm³/mol. The summed E-state index contributed by atoms with van der Waals surface area (Å²) in [5.74, 6) is -0.549. The summed E-state index contributed by atoms with van der Waals surface area (Å²) >= 11 is 5.78. The van der Waals surface area contributed by atoms with Crippen molar-refractivity contribution >= 4 is 23.2 Å². The first-order valence-electron chi connectivity index (χ1n) is 6.13. The molecular formula is C13H17ClN2O4. The summed E-state index contributed by atoms with van der Waals surface area (Å²) < 4.78 is 5.44. The van der Waals surface area contributed by atoms with Crippen LogP contribution in [0.2, 0.25) is 5.02 Å². The van der Waals surface area contributed by atoms with Crippen LogP contribution in [0.15, 0.2) is 18.2 Å². The molecule has 0 spiro atoms. The van der Waals surface area contributed by atoms with Crippen LogP contribution in [0, 0.1) is 10.1 Å². The van der Waals surface area contributed by atoms with E-state index in [9.17, 15) is 14.9 Å². The topological polar surface area (TPSA) is 81.5 Å². The van der Waals surface area contributed by atoms with Gasteiger partial charge in [0.2, 0.25) is 0 Å². The minimum atomic E-state index is -0.612. The van der Waals surface area contributed by atoms with Crippen molar-refractivity contribution in [1.29, 1.82) is 0 Å². The molecule has 20 heavy (non-hydrogen) atoms. The van der Waals surface area contributed by atoms with Gasteiger partial charge in [-0.15, -0.1) is 0 Å². The van der Waals surface area contributed by atoms with E-state index < -0.39 is 16.4 Å². The molecule has 0 heterocycles. The summed E-state index contributed by atoms with van der Waals surface area (Å²) in [6, 6.07) is 3.87. The van der Waals surface area contributed by atoms with Gasteiger partial charge in [-0.3, -0.25) is 14.9 Å². The minimum absolute atomic E-state index is 0.0604. The zero-order valence-electron chi connectivity index (χ0n) is 11.6. The molecule has 0 fully saturated rings. The number of hydrogen-bond acceptors (Lipinski definition) is 4. The molecule has 6 nitrogen and oxygen atoms in total. The quantitative estimate of drug-likeness (QED) is 0.647. The maximum Gasteiger partial charge on any atom is 0.282 e. The van der Waals surface area contributed by atoms with E-state index in [4.69, 9.17) is 16.3 Å². The normalized spacial score (nSPS) is 11.2. The number of carbonyl (C=O) groups is 1. The van der Waals surface area contributed by atoms with Crippen LogP contribution in [0.4, 0.5) is 5.69 Å². The Kier molecular flexibility index (Phi) is 5.47. The average molecular weight is 301 g/mol. The fourth-order valence-corrected chi connectivity index (χ4v) is 1.85. The van der Waals surface area contributed by atoms with Crippen LogP contribution in [-0.2, 0) is 4.74 Å². The van der Waals surface area contributed by atoms with Crippen molar-refractivity contribution in [3.05, 3.63) is 38.9 Å². The first-order chi connectivity index (χ1) is 9.26. The van der Waals surface area contributed by atoms with Crippen LogP contribution in [-0.4, -0.2) is 29.6 Å². The molecule has 0 radical (unpaired) electrons. The summed E-state index contributed by atoms with van der Waals surface area (Å²) in [5.41, 5.74) is -0.881. The van der Waals surface area contributed by atoms with Crippen LogP contribution < -0.4 is 5.32 Å². The van der Waals surface area contributed by atoms with Gasteiger partial charge in [0, 0.05) is 24.2 Å². The average Bonchev–Trinajstić information content (AvgIpc) is 2.35. The van der Waals surface area contributed by atoms with Crippen molar-refractivity contribution in [2.75, 3.05) is 13.2 Å². The SMILES string of the molecule is CCOC(C)(C)CNC(=O)c1cc(Cl)ccc1[N+](=O)[O-]. The highest BCUT2D eigenvalue weighted by Gasteiger charge is 2.23. The molecule has 0 atom stereocenters. The van der Waals surface area contributed by atoms with Crippen molar-refractivity contribution in [3.63, 3.8) is 0 Å². The number of halogens is 1. The maximum absolute atomic E-state index is 12.0. The minimum Gasteiger partial charge on any atom is -0.374 e. The molecule has 110 valence electrons. The Morgan fingerprint density at radius 2 is 2.15 bits per heavy atom. The maximum atomic E-state index is 12.0. The highest BCUT2D eigenvalue weighted by atomic mass is 35.5. The van der Waals surface area contributed by atoms with Crippen molar-refractivity contribution in [3.8, 4) is 0 Å². The summed E-state index contributed by atoms with van der Waals surface area (Å²) in [6.45, 7) is 6.25. The second kappa shape index (κ2) is 6.67. The number of nitro benzene ring substituents is 1. The van der Waals surface area contributed by atoms with Gasteiger partial charge in [0.25, 0.3) is 11.6 Å². The zero-order valence-corrected chi connectivity index (χ0v) is 12.4. The van der Waals surface area contributed by atoms with E-state index in [0.717, 1.165) is 0 Å². The van der Waals surface area contributed by atoms with Gasteiger partial charge in [-0.1, -0.05) is 11.6 Å². The molecule has 0 bridgehead atoms. The lowest BCUT2D eigenvalue weighted by atomic mass is 10.1. The molecule has 1 aromatic rings. The van der Waals surface area contributed by atoms with Gasteiger partial charge in [-0.25, -0.2) is 0 Å². The molecule has 0 unspecified atom stereocenters. The van der Waals surface area contributed by atoms with Crippen molar-refractivity contribution < 1.29 is 14.5 Å². The molecule has 7 heteroatoms. The molecule has 1 aromatic carbocycles. The van der Waals surface area contributed by atoms with Crippen LogP contribution in [0.1, 0.15) is 31.1 Å². The third-order valence-electron chi connectivity index (χ3n) is 2.61. The van der Waals surface area contributed by atoms with E-state index in [0.29, 0.717) is 6.61 Å². The number of hydrogen-bond donors (Lipinski definition) is 1. The molecule has 1 amide bonds. The van der Waals surface area contributed by atoms with E-state index in [1.54, 1.807) is 0 Å². The summed E-state index contributed by atoms with van der Waals surface area (Å²) in [7, 11) is 0. The third-order valence-corrected chi connectivity index (χ3v) is 2.84. The van der Waals surface area contributed by atoms with Crippen LogP contribution in [0.5, 0.6) is 0 Å². The Balaban J connectivity index is 2.87. The van der Waals surface area contributed by atoms with Crippen molar-refractivity contribution in [2.24, 2.45) is 0 Å². The Labute approximate surface area is 122 Å². The summed E-state index contributed by atoms with van der Waals surface area (Å²) in [6.07, 6.45) is 0. The zero-order chi connectivity index (χ0) is 15.3. The summed E-state index contributed by atoms with van der Waals surface area (Å²) in [4.78, 5) is 22.3. The molecule has 1 N–H and O–H groups in total. The lowest BCUT2D eigenvalue weighted by molar-refractivity contribution is -0.385. The standard InChI is InChI=1S/C13H17ClN2O4/c1-4-20-13(2,3)8-15-12(17)10-7-9(14)5-6-11(10)16(18)19/h5-7H,4,8H2,1-3H3,(H,15,17). The second-order valence-electron chi connectivity index (χ2n) is 4.79. The number of carbonyl (C=O) groups excluding carboxylic acids is 1. The van der Waals surface area contributed by atoms with E-state index >= 15 is 0 Å². The van der Waals surface area contributed by atoms with Crippen molar-refractivity contribution in [1.82, 2.24) is 5.32 Å². The second-order valence-corrected chi connectivity index (χ2v) is 5.23. The lowest BCUT2D eigenvalue weighted by Gasteiger charge is -2.24. The number of nitro groups is 1. The van der Waals surface area contributed by atoms with E-state index in [1.807, 2.05) is 20.8 Å². The highest BCUT2D eigenvalue weighted by Crippen LogP contribution is 2.22. The Bertz CT molecular complexity index is 517. The Morgan fingerprint density at radius 3 is 2.70 bits per heavy atom. The van der Waals surface area contributed by atoms with Gasteiger partial charge in [0.05, 0.1) is 10.5 Å². The fraction of sp³-hybridized carbons (Fsp3) is 0.462. The van der Waals surface area contributed by atoms with Gasteiger partial charge in [0.1, 0.15) is 5.56 Å². The Morgan fingerprint density at radius 1 is 1.50 bits per heavy atom. The van der Waals surface area contributed by atoms with Crippen LogP contribution >= 0.6 is 11.6 Å². The number of ether oxygens (including phenoxy) is 1. The third kappa shape index (κ3) is 4.47. The first kappa shape index (κ1) is 16.4. The monoisotopic (exact) mass is 300 g/mol. The van der Waals surface area contributed by atoms with Gasteiger partial charge in [0.15, 0.2) is 0 Å². The predicted octanol–water partition coefficient (Wildman–Crippen LogP) is 2.79. The number of benzene rings is 1. The molecule has 0 saturated heterocycles. The van der Waals surface area contributed by atoms with Gasteiger partial charge in [-0.2, -0.15) is 0 Å². The molecule has 0 aliphatic rings. The largest absolute Gasteiger partial charge is 0.374 e. The van der Waals surface area contributed by atoms with Crippen molar-refractivity contribution in [2.45, 2.75) is 26.4 Å². The van der Waals surface area contributed by atoms with E-state index in [-0.39, 0.29) is 22.8 Å². The van der Waals surface area contributed by atoms with Gasteiger partial charge < -0.3 is 10.1 Å². The lowest BCUT2D eigenvalue weighted by Crippen LogP contribution is -2.40. The molecule has 0 aromatic heterocycles. The number of nitrogens with zero attached hydrogens (tertiary/aromatic N) is 1. The molecule has 0 aliphatic carbocycles. The first-order valence-corrected chi connectivity index (χ1v) is 6.50.